The van der Waals surface area contributed by atoms with Crippen molar-refractivity contribution in [1.29, 1.82) is 0 Å². The second-order valence-corrected chi connectivity index (χ2v) is 16.6. The Hall–Kier alpha value is 2.21. The summed E-state index contributed by atoms with van der Waals surface area (Å²) in [5, 5.41) is 0. The van der Waals surface area contributed by atoms with Crippen molar-refractivity contribution in [3.8, 4) is 0 Å². The van der Waals surface area contributed by atoms with E-state index in [1.54, 1.807) is 28.4 Å². The summed E-state index contributed by atoms with van der Waals surface area (Å²) >= 11 is 20.3. The monoisotopic (exact) mass is 861 g/mol. The number of ether oxygens (including phenoxy) is 8. The SMILES string of the molecule is COCCOCCOP(=S)([S-])OCCOCCOC.COCCOCCOP(=S)([S-])OCCOCCOC.[Pt+2]. The van der Waals surface area contributed by atoms with Crippen LogP contribution in [0.1, 0.15) is 0 Å². The van der Waals surface area contributed by atoms with Crippen LogP contribution in [0.3, 0.4) is 0 Å². The van der Waals surface area contributed by atoms with Crippen LogP contribution in [0.15, 0.2) is 0 Å². The van der Waals surface area contributed by atoms with Crippen LogP contribution in [0.2, 0.25) is 0 Å². The van der Waals surface area contributed by atoms with Gasteiger partial charge in [0.1, 0.15) is 0 Å². The molecule has 0 aliphatic carbocycles. The van der Waals surface area contributed by atoms with Gasteiger partial charge in [-0.1, -0.05) is 23.6 Å². The molecule has 39 heavy (non-hydrogen) atoms. The molecule has 0 fully saturated rings. The zero-order valence-electron chi connectivity index (χ0n) is 23.1. The first-order valence-corrected chi connectivity index (χ1v) is 19.0. The summed E-state index contributed by atoms with van der Waals surface area (Å²) in [5.74, 6) is 0. The molecule has 0 amide bonds. The van der Waals surface area contributed by atoms with Gasteiger partial charge in [-0.2, -0.15) is 0 Å². The van der Waals surface area contributed by atoms with Crippen LogP contribution in [0.25, 0.3) is 0 Å². The van der Waals surface area contributed by atoms with E-state index in [0.717, 1.165) is 0 Å². The van der Waals surface area contributed by atoms with Crippen LogP contribution >= 0.6 is 11.4 Å². The van der Waals surface area contributed by atoms with Crippen molar-refractivity contribution in [3.63, 3.8) is 0 Å². The van der Waals surface area contributed by atoms with Gasteiger partial charge in [-0.05, 0) is 0 Å². The summed E-state index contributed by atoms with van der Waals surface area (Å²) < 4.78 is 61.5. The average Bonchev–Trinajstić information content (AvgIpc) is 2.88. The predicted octanol–water partition coefficient (Wildman–Crippen LogP) is 2.23. The van der Waals surface area contributed by atoms with E-state index in [1.807, 2.05) is 0 Å². The fourth-order valence-corrected chi connectivity index (χ4v) is 5.01. The summed E-state index contributed by atoms with van der Waals surface area (Å²) in [5.41, 5.74) is -5.22. The summed E-state index contributed by atoms with van der Waals surface area (Å²) in [4.78, 5) is 0. The zero-order valence-corrected chi connectivity index (χ0v) is 30.4. The van der Waals surface area contributed by atoms with E-state index >= 15 is 0 Å². The molecule has 0 saturated carbocycles. The van der Waals surface area contributed by atoms with Crippen LogP contribution in [0.4, 0.5) is 0 Å². The Morgan fingerprint density at radius 2 is 0.564 bits per heavy atom. The van der Waals surface area contributed by atoms with Gasteiger partial charge in [0.05, 0.1) is 117 Å². The van der Waals surface area contributed by atoms with Crippen molar-refractivity contribution in [2.45, 2.75) is 0 Å². The minimum Gasteiger partial charge on any atom is -0.691 e. The van der Waals surface area contributed by atoms with Gasteiger partial charge in [0.2, 0.25) is 0 Å². The molecule has 19 heteroatoms. The van der Waals surface area contributed by atoms with Crippen molar-refractivity contribution in [1.82, 2.24) is 0 Å². The molecule has 0 radical (unpaired) electrons. The Kier molecular flexibility index (Phi) is 40.6. The van der Waals surface area contributed by atoms with E-state index < -0.39 is 11.4 Å². The van der Waals surface area contributed by atoms with Gasteiger partial charge < -0.3 is 80.5 Å². The van der Waals surface area contributed by atoms with Gasteiger partial charge in [-0.25, -0.2) is 0 Å². The largest absolute Gasteiger partial charge is 2.00 e. The van der Waals surface area contributed by atoms with Crippen molar-refractivity contribution in [2.24, 2.45) is 0 Å². The van der Waals surface area contributed by atoms with E-state index in [-0.39, 0.29) is 21.1 Å². The number of rotatable bonds is 28. The molecular weight excluding hydrogens is 818 g/mol. The Morgan fingerprint density at radius 3 is 0.744 bits per heavy atom. The number of hydrogen-bond acceptors (Lipinski definition) is 16. The van der Waals surface area contributed by atoms with E-state index in [1.165, 1.54) is 0 Å². The van der Waals surface area contributed by atoms with Crippen molar-refractivity contribution in [3.05, 3.63) is 0 Å². The fourth-order valence-electron chi connectivity index (χ4n) is 1.88. The minimum absolute atomic E-state index is 0. The van der Waals surface area contributed by atoms with Crippen LogP contribution in [-0.4, -0.2) is 134 Å². The van der Waals surface area contributed by atoms with Gasteiger partial charge in [0.15, 0.2) is 0 Å². The number of methoxy groups -OCH3 is 4. The molecule has 0 bridgehead atoms. The van der Waals surface area contributed by atoms with Gasteiger partial charge >= 0.3 is 21.1 Å². The molecule has 0 N–H and O–H groups in total. The van der Waals surface area contributed by atoms with Crippen molar-refractivity contribution < 1.29 is 77.1 Å². The smallest absolute Gasteiger partial charge is 0.691 e. The molecule has 0 aromatic heterocycles. The maximum atomic E-state index is 5.31. The van der Waals surface area contributed by atoms with Crippen LogP contribution in [0.5, 0.6) is 0 Å². The van der Waals surface area contributed by atoms with Crippen molar-refractivity contribution in [2.75, 3.05) is 134 Å². The molecule has 0 saturated heterocycles. The Balaban J connectivity index is -0.000000648. The maximum absolute atomic E-state index is 5.31. The summed E-state index contributed by atoms with van der Waals surface area (Å²) in [6.45, 7) is 7.30. The predicted molar refractivity (Wildman–Crippen MR) is 158 cm³/mol. The van der Waals surface area contributed by atoms with Gasteiger partial charge in [0, 0.05) is 28.4 Å². The molecule has 0 aliphatic rings. The molecule has 0 atom stereocenters. The fraction of sp³-hybridized carbons (Fsp3) is 1.00. The van der Waals surface area contributed by atoms with E-state index in [4.69, 9.17) is 104 Å². The Labute approximate surface area is 269 Å². The molecule has 12 nitrogen and oxygen atoms in total. The molecule has 0 heterocycles. The molecule has 0 spiro atoms. The molecule has 0 rings (SSSR count). The quantitative estimate of drug-likeness (QED) is 0.0652. The minimum atomic E-state index is -2.61. The summed E-state index contributed by atoms with van der Waals surface area (Å²) in [6, 6.07) is 0. The first kappa shape index (κ1) is 45.6. The second-order valence-electron chi connectivity index (χ2n) is 6.65. The third-order valence-electron chi connectivity index (χ3n) is 3.64. The maximum Gasteiger partial charge on any atom is 2.00 e. The average molecular weight is 862 g/mol. The molecule has 0 unspecified atom stereocenters. The van der Waals surface area contributed by atoms with Gasteiger partial charge in [-0.3, -0.25) is 0 Å². The van der Waals surface area contributed by atoms with E-state index in [2.05, 4.69) is 0 Å². The van der Waals surface area contributed by atoms with Crippen LogP contribution in [-0.2, 0) is 125 Å². The van der Waals surface area contributed by atoms with Crippen LogP contribution < -0.4 is 0 Å². The topological polar surface area (TPSA) is 111 Å². The summed E-state index contributed by atoms with van der Waals surface area (Å²) in [7, 11) is 6.47. The summed E-state index contributed by atoms with van der Waals surface area (Å²) in [6.07, 6.45) is 0. The van der Waals surface area contributed by atoms with Gasteiger partial charge in [0.25, 0.3) is 0 Å². The molecule has 0 aromatic carbocycles. The van der Waals surface area contributed by atoms with E-state index in [9.17, 15) is 0 Å². The molecule has 0 aromatic rings. The molecule has 240 valence electrons. The first-order chi connectivity index (χ1) is 18.2. The third kappa shape index (κ3) is 40.2. The standard InChI is InChI=1S/2C10H23O6PS2.Pt/c2*1-11-3-5-13-7-9-15-17(18,19)16-10-8-14-6-4-12-2;/h2*3-10H2,1-2H3,(H,18,19);/q;;+2/p-2. The zero-order chi connectivity index (χ0) is 28.8. The Morgan fingerprint density at radius 1 is 0.385 bits per heavy atom. The third-order valence-corrected chi connectivity index (χ3v) is 8.16. The number of hydrogen-bond donors (Lipinski definition) is 0. The second kappa shape index (κ2) is 34.7. The van der Waals surface area contributed by atoms with E-state index in [0.29, 0.717) is 106 Å². The van der Waals surface area contributed by atoms with Crippen molar-refractivity contribution >= 4 is 59.5 Å². The normalized spacial score (nSPS) is 11.6. The first-order valence-electron chi connectivity index (χ1n) is 11.7. The molecule has 0 aliphatic heterocycles. The Bertz CT molecular complexity index is 503. The van der Waals surface area contributed by atoms with Crippen LogP contribution in [0, 0.1) is 0 Å². The van der Waals surface area contributed by atoms with Gasteiger partial charge in [-0.15, -0.1) is 0 Å². The molecular formula is C20H44O12P2PtS4.